The first-order valence-corrected chi connectivity index (χ1v) is 14.1. The third-order valence-corrected chi connectivity index (χ3v) is 13.2. The molecule has 10 heteroatoms. The molecule has 2 N–H and O–H groups in total. The Morgan fingerprint density at radius 3 is 2.29 bits per heavy atom. The molecule has 1 unspecified atom stereocenters. The van der Waals surface area contributed by atoms with E-state index in [1.165, 1.54) is 18.7 Å². The third-order valence-electron chi connectivity index (χ3n) is 3.30. The van der Waals surface area contributed by atoms with E-state index in [0.717, 1.165) is 11.3 Å². The summed E-state index contributed by atoms with van der Waals surface area (Å²) in [6, 6.07) is 0. The van der Waals surface area contributed by atoms with Gasteiger partial charge in [0.05, 0.1) is 6.20 Å². The highest BCUT2D eigenvalue weighted by molar-refractivity contribution is 7.94. The van der Waals surface area contributed by atoms with Gasteiger partial charge < -0.3 is 0 Å². The van der Waals surface area contributed by atoms with Crippen LogP contribution >= 0.6 is 11.3 Å². The van der Waals surface area contributed by atoms with Gasteiger partial charge in [-0.1, -0.05) is 45.2 Å². The summed E-state index contributed by atoms with van der Waals surface area (Å²) in [5, 5.41) is 0.402. The van der Waals surface area contributed by atoms with E-state index in [9.17, 15) is 8.42 Å². The molecule has 0 saturated heterocycles. The number of nitrogens with one attached hydrogen (secondary N) is 2. The van der Waals surface area contributed by atoms with E-state index < -0.39 is 27.9 Å². The Morgan fingerprint density at radius 1 is 1.33 bits per heavy atom. The van der Waals surface area contributed by atoms with E-state index in [-0.39, 0.29) is 9.38 Å². The molecule has 0 amide bonds. The third kappa shape index (κ3) is 5.13. The van der Waals surface area contributed by atoms with Gasteiger partial charge >= 0.3 is 0 Å². The molecule has 1 atom stereocenters. The molecule has 1 rings (SSSR count). The molecule has 122 valence electrons. The van der Waals surface area contributed by atoms with Crippen molar-refractivity contribution in [1.82, 2.24) is 9.37 Å². The number of rotatable bonds is 4. The minimum atomic E-state index is -3.17. The molecule has 0 aliphatic rings. The average Bonchev–Trinajstić information content (AvgIpc) is 2.60. The summed E-state index contributed by atoms with van der Waals surface area (Å²) >= 11 is 1.06. The number of thiazole rings is 1. The normalized spacial score (nSPS) is 16.5. The molecule has 0 aliphatic carbocycles. The van der Waals surface area contributed by atoms with Gasteiger partial charge in [0.1, 0.15) is 13.2 Å². The highest BCUT2D eigenvalue weighted by atomic mass is 32.2. The lowest BCUT2D eigenvalue weighted by Gasteiger charge is -2.37. The fourth-order valence-corrected chi connectivity index (χ4v) is 8.51. The first-order valence-electron chi connectivity index (χ1n) is 6.35. The maximum Gasteiger partial charge on any atom is 0.205 e. The van der Waals surface area contributed by atoms with Crippen LogP contribution < -0.4 is 4.39 Å². The molecule has 0 aromatic carbocycles. The van der Waals surface area contributed by atoms with Gasteiger partial charge in [-0.25, -0.2) is 22.6 Å². The Hall–Kier alpha value is -0.293. The zero-order chi connectivity index (χ0) is 16.7. The van der Waals surface area contributed by atoms with Crippen LogP contribution in [0.15, 0.2) is 14.9 Å². The lowest BCUT2D eigenvalue weighted by atomic mass is 10.2. The molecule has 0 saturated carbocycles. The van der Waals surface area contributed by atoms with Crippen molar-refractivity contribution in [3.63, 3.8) is 0 Å². The molecule has 0 spiro atoms. The van der Waals surface area contributed by atoms with Crippen molar-refractivity contribution >= 4 is 44.2 Å². The van der Waals surface area contributed by atoms with Gasteiger partial charge in [0.2, 0.25) is 4.34 Å². The minimum absolute atomic E-state index is 0.0394. The van der Waals surface area contributed by atoms with Crippen LogP contribution in [0.3, 0.4) is 0 Å². The van der Waals surface area contributed by atoms with Crippen LogP contribution in [-0.2, 0) is 19.6 Å². The Balaban J connectivity index is 3.14. The molecule has 6 nitrogen and oxygen atoms in total. The summed E-state index contributed by atoms with van der Waals surface area (Å²) in [7, 11) is -7.55. The zero-order valence-corrected chi connectivity index (χ0v) is 17.0. The molecule has 0 aliphatic heterocycles. The first-order chi connectivity index (χ1) is 9.14. The van der Waals surface area contributed by atoms with Gasteiger partial charge in [-0.05, 0) is 5.04 Å². The summed E-state index contributed by atoms with van der Waals surface area (Å²) in [5.74, 6) is 0. The van der Waals surface area contributed by atoms with Crippen LogP contribution in [-0.4, -0.2) is 34.1 Å². The molecule has 0 bridgehead atoms. The van der Waals surface area contributed by atoms with Crippen LogP contribution in [0.4, 0.5) is 5.00 Å². The number of aromatic nitrogens is 1. The number of hydrogen-bond acceptors (Lipinski definition) is 6. The predicted octanol–water partition coefficient (Wildman–Crippen LogP) is 3.42. The Kier molecular flexibility index (Phi) is 5.11. The van der Waals surface area contributed by atoms with E-state index in [4.69, 9.17) is 4.78 Å². The van der Waals surface area contributed by atoms with E-state index in [2.05, 4.69) is 34.5 Å². The van der Waals surface area contributed by atoms with Gasteiger partial charge in [-0.2, -0.15) is 4.36 Å². The van der Waals surface area contributed by atoms with Gasteiger partial charge in [0.15, 0.2) is 9.92 Å². The summed E-state index contributed by atoms with van der Waals surface area (Å²) in [5.41, 5.74) is 0. The highest BCUT2D eigenvalue weighted by Crippen LogP contribution is 2.36. The SMILES string of the molecule is CC(C)(C)[Si](C)(C)NS(=N)(=O)c1ncc(N=S(C)(C)=O)s1. The topological polar surface area (TPSA) is 95.3 Å². The van der Waals surface area contributed by atoms with Crippen LogP contribution in [0.5, 0.6) is 0 Å². The fourth-order valence-electron chi connectivity index (χ4n) is 1.20. The monoisotopic (exact) mass is 368 g/mol. The standard InChI is InChI=1S/C11H24N4O2S3Si/c1-11(2,3)21(6,7)15-20(12,17)10-13-8-9(18-10)14-19(4,5)16/h8H,1-7H3,(H2,12,15,17). The van der Waals surface area contributed by atoms with Gasteiger partial charge in [-0.15, -0.1) is 0 Å². The van der Waals surface area contributed by atoms with Crippen LogP contribution in [0.2, 0.25) is 18.1 Å². The highest BCUT2D eigenvalue weighted by Gasteiger charge is 2.39. The number of hydrogen-bond donors (Lipinski definition) is 2. The van der Waals surface area contributed by atoms with E-state index in [1.54, 1.807) is 0 Å². The largest absolute Gasteiger partial charge is 0.250 e. The molecular weight excluding hydrogens is 344 g/mol. The minimum Gasteiger partial charge on any atom is -0.250 e. The van der Waals surface area contributed by atoms with E-state index >= 15 is 0 Å². The summed E-state index contributed by atoms with van der Waals surface area (Å²) in [6.45, 7) is 10.3. The lowest BCUT2D eigenvalue weighted by Crippen LogP contribution is -2.54. The molecule has 1 aromatic rings. The van der Waals surface area contributed by atoms with Crippen molar-refractivity contribution in [2.24, 2.45) is 4.36 Å². The first kappa shape index (κ1) is 18.8. The summed E-state index contributed by atoms with van der Waals surface area (Å²) < 4.78 is 39.7. The van der Waals surface area contributed by atoms with Crippen molar-refractivity contribution < 1.29 is 8.42 Å². The fraction of sp³-hybridized carbons (Fsp3) is 0.727. The van der Waals surface area contributed by atoms with Crippen LogP contribution in [0, 0.1) is 4.78 Å². The molecule has 0 fully saturated rings. The van der Waals surface area contributed by atoms with E-state index in [0.29, 0.717) is 5.00 Å². The van der Waals surface area contributed by atoms with Crippen LogP contribution in [0.25, 0.3) is 0 Å². The zero-order valence-electron chi connectivity index (χ0n) is 13.5. The van der Waals surface area contributed by atoms with Crippen LogP contribution in [0.1, 0.15) is 20.8 Å². The Bertz CT molecular complexity index is 730. The van der Waals surface area contributed by atoms with Gasteiger partial charge in [0.25, 0.3) is 0 Å². The second-order valence-corrected chi connectivity index (χ2v) is 17.6. The molecule has 1 aromatic heterocycles. The predicted molar refractivity (Wildman–Crippen MR) is 93.7 cm³/mol. The second kappa shape index (κ2) is 5.73. The van der Waals surface area contributed by atoms with Crippen molar-refractivity contribution in [2.45, 2.75) is 43.2 Å². The quantitative estimate of drug-likeness (QED) is 0.797. The van der Waals surface area contributed by atoms with Crippen molar-refractivity contribution in [1.29, 1.82) is 4.78 Å². The Morgan fingerprint density at radius 2 is 1.86 bits per heavy atom. The number of nitrogens with zero attached hydrogens (tertiary/aromatic N) is 2. The van der Waals surface area contributed by atoms with Crippen molar-refractivity contribution in [3.8, 4) is 0 Å². The molecule has 1 heterocycles. The molecule has 21 heavy (non-hydrogen) atoms. The van der Waals surface area contributed by atoms with E-state index in [1.807, 2.05) is 13.1 Å². The lowest BCUT2D eigenvalue weighted by molar-refractivity contribution is 0.664. The molecular formula is C11H24N4O2S3Si. The summed E-state index contributed by atoms with van der Waals surface area (Å²) in [6.07, 6.45) is 4.48. The average molecular weight is 369 g/mol. The van der Waals surface area contributed by atoms with Gasteiger partial charge in [0, 0.05) is 22.2 Å². The maximum atomic E-state index is 12.7. The Labute approximate surface area is 133 Å². The smallest absolute Gasteiger partial charge is 0.205 e. The second-order valence-electron chi connectivity index (χ2n) is 6.77. The van der Waals surface area contributed by atoms with Gasteiger partial charge in [-0.3, -0.25) is 0 Å². The molecule has 0 radical (unpaired) electrons. The maximum absolute atomic E-state index is 12.7. The summed E-state index contributed by atoms with van der Waals surface area (Å²) in [4.78, 5) is 4.03. The van der Waals surface area contributed by atoms with Crippen molar-refractivity contribution in [2.75, 3.05) is 12.5 Å². The van der Waals surface area contributed by atoms with Crippen molar-refractivity contribution in [3.05, 3.63) is 6.20 Å².